The molecule has 0 aromatic carbocycles. The van der Waals surface area contributed by atoms with E-state index in [0.29, 0.717) is 12.5 Å². The van der Waals surface area contributed by atoms with E-state index in [1.54, 1.807) is 0 Å². The summed E-state index contributed by atoms with van der Waals surface area (Å²) in [5, 5.41) is 2.29. The van der Waals surface area contributed by atoms with Gasteiger partial charge in [0.1, 0.15) is 4.60 Å². The molecule has 0 bridgehead atoms. The highest BCUT2D eigenvalue weighted by molar-refractivity contribution is 9.10. The lowest BCUT2D eigenvalue weighted by atomic mass is 9.93. The molecule has 1 aliphatic heterocycles. The molecule has 106 valence electrons. The fourth-order valence-electron chi connectivity index (χ4n) is 2.58. The fourth-order valence-corrected chi connectivity index (χ4v) is 2.91. The van der Waals surface area contributed by atoms with Crippen LogP contribution in [0, 0.1) is 0 Å². The lowest BCUT2D eigenvalue weighted by Crippen LogP contribution is -2.35. The molecule has 0 saturated carbocycles. The van der Waals surface area contributed by atoms with Gasteiger partial charge in [-0.2, -0.15) is 0 Å². The van der Waals surface area contributed by atoms with Crippen molar-refractivity contribution < 1.29 is 4.74 Å². The molecule has 1 aliphatic rings. The van der Waals surface area contributed by atoms with Crippen molar-refractivity contribution in [3.63, 3.8) is 0 Å². The normalized spacial score (nSPS) is 21.1. The molecule has 0 amide bonds. The molecule has 4 nitrogen and oxygen atoms in total. The number of ether oxygens (including phenoxy) is 1. The quantitative estimate of drug-likeness (QED) is 0.863. The first-order valence-electron chi connectivity index (χ1n) is 6.95. The van der Waals surface area contributed by atoms with Crippen LogP contribution in [0.5, 0.6) is 5.75 Å². The van der Waals surface area contributed by atoms with Gasteiger partial charge in [-0.3, -0.25) is 5.43 Å². The van der Waals surface area contributed by atoms with Crippen LogP contribution >= 0.6 is 15.9 Å². The van der Waals surface area contributed by atoms with E-state index in [1.165, 1.54) is 18.4 Å². The number of aromatic nitrogens is 1. The molecule has 5 heteroatoms. The second kappa shape index (κ2) is 7.22. The Morgan fingerprint density at radius 2 is 2.32 bits per heavy atom. The summed E-state index contributed by atoms with van der Waals surface area (Å²) in [5.74, 6) is 1.44. The van der Waals surface area contributed by atoms with E-state index >= 15 is 0 Å². The maximum Gasteiger partial charge on any atom is 0.152 e. The summed E-state index contributed by atoms with van der Waals surface area (Å²) in [4.78, 5) is 4.41. The maximum absolute atomic E-state index is 5.61. The Bertz CT molecular complexity index is 414. The summed E-state index contributed by atoms with van der Waals surface area (Å²) in [6.45, 7) is 4.87. The average Bonchev–Trinajstić information content (AvgIpc) is 2.67. The van der Waals surface area contributed by atoms with Crippen LogP contribution in [-0.4, -0.2) is 36.7 Å². The van der Waals surface area contributed by atoms with Crippen molar-refractivity contribution in [3.8, 4) is 5.75 Å². The molecule has 2 heterocycles. The summed E-state index contributed by atoms with van der Waals surface area (Å²) in [7, 11) is 1.99. The molecule has 1 aromatic heterocycles. The van der Waals surface area contributed by atoms with Crippen molar-refractivity contribution in [1.82, 2.24) is 15.4 Å². The van der Waals surface area contributed by atoms with Gasteiger partial charge in [0.15, 0.2) is 5.75 Å². The van der Waals surface area contributed by atoms with Crippen LogP contribution in [0.3, 0.4) is 0 Å². The van der Waals surface area contributed by atoms with Crippen molar-refractivity contribution in [1.29, 1.82) is 0 Å². The highest BCUT2D eigenvalue weighted by Gasteiger charge is 2.19. The monoisotopic (exact) mass is 327 g/mol. The number of nitrogens with one attached hydrogen (secondary N) is 1. The van der Waals surface area contributed by atoms with Crippen molar-refractivity contribution in [2.45, 2.75) is 32.1 Å². The Morgan fingerprint density at radius 1 is 1.47 bits per heavy atom. The molecule has 1 fully saturated rings. The molecule has 0 aliphatic carbocycles. The molecule has 0 spiro atoms. The van der Waals surface area contributed by atoms with Crippen molar-refractivity contribution in [2.75, 3.05) is 26.7 Å². The number of pyridine rings is 1. The summed E-state index contributed by atoms with van der Waals surface area (Å²) >= 11 is 3.44. The lowest BCUT2D eigenvalue weighted by Gasteiger charge is -2.18. The summed E-state index contributed by atoms with van der Waals surface area (Å²) in [6, 6.07) is 2.14. The Labute approximate surface area is 123 Å². The molecule has 2 rings (SSSR count). The molecular weight excluding hydrogens is 306 g/mol. The topological polar surface area (TPSA) is 37.4 Å². The molecule has 1 N–H and O–H groups in total. The minimum absolute atomic E-state index is 0.582. The van der Waals surface area contributed by atoms with Gasteiger partial charge in [0.2, 0.25) is 0 Å². The highest BCUT2D eigenvalue weighted by atomic mass is 79.9. The predicted molar refractivity (Wildman–Crippen MR) is 80.3 cm³/mol. The van der Waals surface area contributed by atoms with E-state index in [0.717, 1.165) is 29.9 Å². The van der Waals surface area contributed by atoms with E-state index in [1.807, 2.05) is 20.2 Å². The third-order valence-electron chi connectivity index (χ3n) is 3.64. The molecule has 0 unspecified atom stereocenters. The van der Waals surface area contributed by atoms with Gasteiger partial charge >= 0.3 is 0 Å². The number of nitrogens with zero attached hydrogens (tertiary/aromatic N) is 2. The lowest BCUT2D eigenvalue weighted by molar-refractivity contribution is 0.216. The van der Waals surface area contributed by atoms with Gasteiger partial charge < -0.3 is 4.74 Å². The Balaban J connectivity index is 2.10. The Kier molecular flexibility index (Phi) is 5.60. The van der Waals surface area contributed by atoms with Gasteiger partial charge in [0, 0.05) is 19.3 Å². The van der Waals surface area contributed by atoms with Crippen LogP contribution in [0.25, 0.3) is 0 Å². The first-order valence-corrected chi connectivity index (χ1v) is 7.74. The SMILES string of the molecule is CCOc1cc([C@@H]2CCCN(NC)CC2)cnc1Br. The van der Waals surface area contributed by atoms with Gasteiger partial charge in [-0.25, -0.2) is 9.99 Å². The zero-order chi connectivity index (χ0) is 13.7. The zero-order valence-electron chi connectivity index (χ0n) is 11.7. The van der Waals surface area contributed by atoms with Gasteiger partial charge in [-0.1, -0.05) is 0 Å². The van der Waals surface area contributed by atoms with Crippen molar-refractivity contribution >= 4 is 15.9 Å². The minimum Gasteiger partial charge on any atom is -0.491 e. The van der Waals surface area contributed by atoms with Crippen LogP contribution in [0.4, 0.5) is 0 Å². The van der Waals surface area contributed by atoms with E-state index in [9.17, 15) is 0 Å². The first-order chi connectivity index (χ1) is 9.24. The molecule has 1 atom stereocenters. The van der Waals surface area contributed by atoms with Crippen LogP contribution in [0.15, 0.2) is 16.9 Å². The second-order valence-electron chi connectivity index (χ2n) is 4.83. The van der Waals surface area contributed by atoms with E-state index < -0.39 is 0 Å². The van der Waals surface area contributed by atoms with Crippen LogP contribution in [-0.2, 0) is 0 Å². The smallest absolute Gasteiger partial charge is 0.152 e. The number of halogens is 1. The summed E-state index contributed by atoms with van der Waals surface area (Å²) in [5.41, 5.74) is 4.54. The van der Waals surface area contributed by atoms with E-state index in [2.05, 4.69) is 37.4 Å². The minimum atomic E-state index is 0.582. The first kappa shape index (κ1) is 14.8. The van der Waals surface area contributed by atoms with Crippen LogP contribution in [0.1, 0.15) is 37.7 Å². The standard InChI is InChI=1S/C14H22BrN3O/c1-3-19-13-9-12(10-17-14(13)15)11-5-4-7-18(16-2)8-6-11/h9-11,16H,3-8H2,1-2H3/t11-/m1/s1. The van der Waals surface area contributed by atoms with E-state index in [4.69, 9.17) is 4.74 Å². The van der Waals surface area contributed by atoms with E-state index in [-0.39, 0.29) is 0 Å². The molecule has 1 aromatic rings. The Morgan fingerprint density at radius 3 is 3.05 bits per heavy atom. The number of hydrogen-bond donors (Lipinski definition) is 1. The highest BCUT2D eigenvalue weighted by Crippen LogP contribution is 2.32. The molecule has 0 radical (unpaired) electrons. The number of hydrazine groups is 1. The second-order valence-corrected chi connectivity index (χ2v) is 5.58. The summed E-state index contributed by atoms with van der Waals surface area (Å²) in [6.07, 6.45) is 5.57. The fraction of sp³-hybridized carbons (Fsp3) is 0.643. The number of rotatable bonds is 4. The van der Waals surface area contributed by atoms with Crippen LogP contribution < -0.4 is 10.2 Å². The molecule has 19 heavy (non-hydrogen) atoms. The van der Waals surface area contributed by atoms with Gasteiger partial charge in [0.25, 0.3) is 0 Å². The Hall–Kier alpha value is -0.650. The van der Waals surface area contributed by atoms with Crippen LogP contribution in [0.2, 0.25) is 0 Å². The number of hydrogen-bond acceptors (Lipinski definition) is 4. The zero-order valence-corrected chi connectivity index (χ0v) is 13.2. The third kappa shape index (κ3) is 3.91. The summed E-state index contributed by atoms with van der Waals surface area (Å²) < 4.78 is 6.40. The van der Waals surface area contributed by atoms with Gasteiger partial charge in [-0.05, 0) is 66.7 Å². The van der Waals surface area contributed by atoms with Crippen molar-refractivity contribution in [2.24, 2.45) is 0 Å². The van der Waals surface area contributed by atoms with Crippen molar-refractivity contribution in [3.05, 3.63) is 22.4 Å². The van der Waals surface area contributed by atoms with Gasteiger partial charge in [-0.15, -0.1) is 0 Å². The average molecular weight is 328 g/mol. The third-order valence-corrected chi connectivity index (χ3v) is 4.24. The predicted octanol–water partition coefficient (Wildman–Crippen LogP) is 2.95. The van der Waals surface area contributed by atoms with Gasteiger partial charge in [0.05, 0.1) is 6.61 Å². The largest absolute Gasteiger partial charge is 0.491 e. The maximum atomic E-state index is 5.61. The molecular formula is C14H22BrN3O. The molecule has 1 saturated heterocycles.